The predicted molar refractivity (Wildman–Crippen MR) is 142 cm³/mol. The fourth-order valence-electron chi connectivity index (χ4n) is 3.42. The van der Waals surface area contributed by atoms with Gasteiger partial charge in [0.25, 0.3) is 5.91 Å². The van der Waals surface area contributed by atoms with Crippen molar-refractivity contribution < 1.29 is 18.7 Å². The molecule has 0 radical (unpaired) electrons. The lowest BCUT2D eigenvalue weighted by molar-refractivity contribution is -0.117. The van der Waals surface area contributed by atoms with Crippen molar-refractivity contribution in [3.63, 3.8) is 0 Å². The number of rotatable bonds is 11. The van der Waals surface area contributed by atoms with Crippen molar-refractivity contribution in [3.8, 4) is 5.75 Å². The summed E-state index contributed by atoms with van der Waals surface area (Å²) < 4.78 is 19.1. The van der Waals surface area contributed by atoms with E-state index < -0.39 is 11.9 Å². The van der Waals surface area contributed by atoms with Gasteiger partial charge in [-0.3, -0.25) is 9.59 Å². The molecule has 3 aromatic rings. The minimum absolute atomic E-state index is 0.0429. The maximum absolute atomic E-state index is 13.2. The Balaban J connectivity index is 1.71. The first-order chi connectivity index (χ1) is 17.7. The fraction of sp³-hybridized carbons (Fsp3) is 0.222. The molecule has 37 heavy (non-hydrogen) atoms. The molecular formula is C27H31FN6O3. The number of carbonyl (C=O) groups is 2. The lowest BCUT2D eigenvalue weighted by Gasteiger charge is -2.16. The van der Waals surface area contributed by atoms with Crippen molar-refractivity contribution >= 4 is 29.1 Å². The number of aliphatic imine (C=N–C) groups is 1. The van der Waals surface area contributed by atoms with Crippen molar-refractivity contribution in [1.29, 1.82) is 0 Å². The Morgan fingerprint density at radius 1 is 1.00 bits per heavy atom. The van der Waals surface area contributed by atoms with Crippen LogP contribution in [0.3, 0.4) is 0 Å². The molecule has 0 spiro atoms. The molecule has 0 heterocycles. The van der Waals surface area contributed by atoms with Crippen LogP contribution in [0.1, 0.15) is 34.8 Å². The molecular weight excluding hydrogens is 475 g/mol. The lowest BCUT2D eigenvalue weighted by atomic mass is 10.1. The van der Waals surface area contributed by atoms with Crippen LogP contribution in [0.15, 0.2) is 71.7 Å². The number of nitrogens with two attached hydrogens (primary N) is 3. The summed E-state index contributed by atoms with van der Waals surface area (Å²) >= 11 is 0. The molecule has 0 bridgehead atoms. The minimum atomic E-state index is -0.829. The molecule has 3 aromatic carbocycles. The molecule has 10 heteroatoms. The smallest absolute Gasteiger partial charge is 0.255 e. The number of nitrogens with zero attached hydrogens (tertiary/aromatic N) is 1. The topological polar surface area (TPSA) is 158 Å². The van der Waals surface area contributed by atoms with Crippen LogP contribution >= 0.6 is 0 Å². The third kappa shape index (κ3) is 8.32. The Hall–Kier alpha value is -4.44. The Kier molecular flexibility index (Phi) is 9.56. The van der Waals surface area contributed by atoms with Crippen molar-refractivity contribution in [2.24, 2.45) is 22.2 Å². The van der Waals surface area contributed by atoms with Crippen LogP contribution < -0.4 is 32.6 Å². The Bertz CT molecular complexity index is 1240. The van der Waals surface area contributed by atoms with Gasteiger partial charge in [0.05, 0.1) is 17.3 Å². The molecule has 2 amide bonds. The molecule has 0 aliphatic heterocycles. The number of halogens is 1. The highest BCUT2D eigenvalue weighted by atomic mass is 19.1. The Morgan fingerprint density at radius 3 is 2.32 bits per heavy atom. The summed E-state index contributed by atoms with van der Waals surface area (Å²) in [6.07, 6.45) is 1.07. The van der Waals surface area contributed by atoms with Gasteiger partial charge in [-0.1, -0.05) is 31.2 Å². The molecule has 3 rings (SSSR count). The number of nitrogens with one attached hydrogen (secondary N) is 2. The second-order valence-electron chi connectivity index (χ2n) is 8.38. The number of hydrogen-bond donors (Lipinski definition) is 5. The standard InChI is InChI=1S/C27H31FN6O3/c1-2-13-32-25(35)22-12-11-21(15-24(22)37-16-18-3-7-19(28)8-4-18)33-26(36)23(29)14-17-5-9-20(10-6-17)34-27(30)31/h3-12,15,23H,2,13-14,16,29H2,1H3,(H,32,35)(H,33,36)(H4,30,31,34)/t23-/m0/s1. The van der Waals surface area contributed by atoms with E-state index in [-0.39, 0.29) is 30.0 Å². The summed E-state index contributed by atoms with van der Waals surface area (Å²) in [6, 6.07) is 16.8. The van der Waals surface area contributed by atoms with Crippen LogP contribution in [0.4, 0.5) is 15.8 Å². The number of hydrogen-bond acceptors (Lipinski definition) is 5. The SMILES string of the molecule is CCCNC(=O)c1ccc(NC(=O)[C@@H](N)Cc2ccc(N=C(N)N)cc2)cc1OCc1ccc(F)cc1. The van der Waals surface area contributed by atoms with E-state index in [9.17, 15) is 14.0 Å². The van der Waals surface area contributed by atoms with Crippen LogP contribution in [0, 0.1) is 5.82 Å². The highest BCUT2D eigenvalue weighted by Gasteiger charge is 2.18. The zero-order valence-electron chi connectivity index (χ0n) is 20.5. The number of amides is 2. The van der Waals surface area contributed by atoms with Gasteiger partial charge < -0.3 is 32.6 Å². The molecule has 8 N–H and O–H groups in total. The maximum atomic E-state index is 13.2. The van der Waals surface area contributed by atoms with Crippen LogP contribution in [0.5, 0.6) is 5.75 Å². The normalized spacial score (nSPS) is 11.3. The van der Waals surface area contributed by atoms with Gasteiger partial charge in [0, 0.05) is 18.3 Å². The van der Waals surface area contributed by atoms with E-state index in [1.807, 2.05) is 6.92 Å². The van der Waals surface area contributed by atoms with Gasteiger partial charge >= 0.3 is 0 Å². The first-order valence-electron chi connectivity index (χ1n) is 11.8. The minimum Gasteiger partial charge on any atom is -0.488 e. The summed E-state index contributed by atoms with van der Waals surface area (Å²) in [5.74, 6) is -0.817. The van der Waals surface area contributed by atoms with Crippen LogP contribution in [-0.2, 0) is 17.8 Å². The van der Waals surface area contributed by atoms with Gasteiger partial charge in [-0.15, -0.1) is 0 Å². The summed E-state index contributed by atoms with van der Waals surface area (Å²) in [6.45, 7) is 2.57. The Labute approximate surface area is 214 Å². The zero-order valence-corrected chi connectivity index (χ0v) is 20.5. The second kappa shape index (κ2) is 13.0. The molecule has 9 nitrogen and oxygen atoms in total. The summed E-state index contributed by atoms with van der Waals surface area (Å²) in [7, 11) is 0. The quantitative estimate of drug-likeness (QED) is 0.199. The molecule has 0 saturated heterocycles. The van der Waals surface area contributed by atoms with Crippen LogP contribution in [0.2, 0.25) is 0 Å². The number of anilines is 1. The highest BCUT2D eigenvalue weighted by Crippen LogP contribution is 2.25. The van der Waals surface area contributed by atoms with Gasteiger partial charge in [-0.25, -0.2) is 9.38 Å². The van der Waals surface area contributed by atoms with E-state index in [0.717, 1.165) is 17.5 Å². The summed E-state index contributed by atoms with van der Waals surface area (Å²) in [4.78, 5) is 29.4. The molecule has 0 aliphatic carbocycles. The largest absolute Gasteiger partial charge is 0.488 e. The summed E-state index contributed by atoms with van der Waals surface area (Å²) in [5, 5.41) is 5.59. The van der Waals surface area contributed by atoms with E-state index >= 15 is 0 Å². The van der Waals surface area contributed by atoms with Crippen LogP contribution in [-0.4, -0.2) is 30.4 Å². The van der Waals surface area contributed by atoms with Gasteiger partial charge in [0.15, 0.2) is 5.96 Å². The van der Waals surface area contributed by atoms with Crippen molar-refractivity contribution in [2.75, 3.05) is 11.9 Å². The third-order valence-electron chi connectivity index (χ3n) is 5.32. The first kappa shape index (κ1) is 27.2. The average molecular weight is 507 g/mol. The molecule has 1 atom stereocenters. The molecule has 0 saturated carbocycles. The van der Waals surface area contributed by atoms with E-state index in [1.54, 1.807) is 54.6 Å². The lowest BCUT2D eigenvalue weighted by Crippen LogP contribution is -2.37. The number of carbonyl (C=O) groups excluding carboxylic acids is 2. The molecule has 0 aromatic heterocycles. The summed E-state index contributed by atoms with van der Waals surface area (Å²) in [5.41, 5.74) is 19.8. The van der Waals surface area contributed by atoms with Crippen molar-refractivity contribution in [1.82, 2.24) is 5.32 Å². The third-order valence-corrected chi connectivity index (χ3v) is 5.32. The van der Waals surface area contributed by atoms with Crippen LogP contribution in [0.25, 0.3) is 0 Å². The number of ether oxygens (including phenoxy) is 1. The maximum Gasteiger partial charge on any atom is 0.255 e. The van der Waals surface area contributed by atoms with E-state index in [0.29, 0.717) is 29.9 Å². The number of benzene rings is 3. The first-order valence-corrected chi connectivity index (χ1v) is 11.8. The molecule has 0 unspecified atom stereocenters. The fourth-order valence-corrected chi connectivity index (χ4v) is 3.42. The predicted octanol–water partition coefficient (Wildman–Crippen LogP) is 2.96. The van der Waals surface area contributed by atoms with E-state index in [4.69, 9.17) is 21.9 Å². The van der Waals surface area contributed by atoms with Crippen molar-refractivity contribution in [2.45, 2.75) is 32.4 Å². The van der Waals surface area contributed by atoms with Crippen molar-refractivity contribution in [3.05, 3.63) is 89.2 Å². The number of guanidine groups is 1. The van der Waals surface area contributed by atoms with Gasteiger partial charge in [-0.05, 0) is 60.4 Å². The van der Waals surface area contributed by atoms with Gasteiger partial charge in [0.1, 0.15) is 18.2 Å². The zero-order chi connectivity index (χ0) is 26.8. The average Bonchev–Trinajstić information content (AvgIpc) is 2.87. The second-order valence-corrected chi connectivity index (χ2v) is 8.38. The highest BCUT2D eigenvalue weighted by molar-refractivity contribution is 5.99. The van der Waals surface area contributed by atoms with Gasteiger partial charge in [0.2, 0.25) is 5.91 Å². The van der Waals surface area contributed by atoms with Gasteiger partial charge in [-0.2, -0.15) is 0 Å². The molecule has 0 fully saturated rings. The molecule has 194 valence electrons. The molecule has 0 aliphatic rings. The monoisotopic (exact) mass is 506 g/mol. The Morgan fingerprint density at radius 2 is 1.68 bits per heavy atom. The van der Waals surface area contributed by atoms with E-state index in [1.165, 1.54) is 12.1 Å². The van der Waals surface area contributed by atoms with E-state index in [2.05, 4.69) is 15.6 Å².